The van der Waals surface area contributed by atoms with Gasteiger partial charge in [-0.3, -0.25) is 10.1 Å². The van der Waals surface area contributed by atoms with E-state index in [1.165, 1.54) is 6.33 Å². The zero-order chi connectivity index (χ0) is 13.2. The van der Waals surface area contributed by atoms with Crippen molar-refractivity contribution >= 4 is 17.3 Å². The molecule has 0 bridgehead atoms. The highest BCUT2D eigenvalue weighted by molar-refractivity contribution is 5.69. The van der Waals surface area contributed by atoms with Gasteiger partial charge >= 0.3 is 5.69 Å². The fourth-order valence-corrected chi connectivity index (χ4v) is 2.06. The molecule has 18 heavy (non-hydrogen) atoms. The summed E-state index contributed by atoms with van der Waals surface area (Å²) in [4.78, 5) is 18.6. The van der Waals surface area contributed by atoms with Crippen molar-refractivity contribution in [3.05, 3.63) is 16.4 Å². The Bertz CT molecular complexity index is 459. The number of nitro groups is 1. The molecule has 0 amide bonds. The number of nitrogens with one attached hydrogen (secondary N) is 2. The normalized spacial score (nSPS) is 16.8. The van der Waals surface area contributed by atoms with Gasteiger partial charge in [0, 0.05) is 12.1 Å². The molecule has 1 aliphatic rings. The highest BCUT2D eigenvalue weighted by atomic mass is 16.6. The van der Waals surface area contributed by atoms with Crippen molar-refractivity contribution in [1.29, 1.82) is 0 Å². The Balaban J connectivity index is 2.33. The van der Waals surface area contributed by atoms with Crippen LogP contribution in [-0.4, -0.2) is 27.0 Å². The van der Waals surface area contributed by atoms with E-state index in [2.05, 4.69) is 27.5 Å². The standard InChI is InChI=1S/C11H17N5O2/c1-3-12-9-8(16(17)18)10(14-7-13-9)15-11(2)5-4-6-11/h7H,3-6H2,1-2H3,(H2,12,13,14,15). The van der Waals surface area contributed by atoms with Gasteiger partial charge in [0.25, 0.3) is 0 Å². The molecule has 0 saturated heterocycles. The van der Waals surface area contributed by atoms with Crippen molar-refractivity contribution in [2.75, 3.05) is 17.2 Å². The van der Waals surface area contributed by atoms with Crippen LogP contribution in [0.2, 0.25) is 0 Å². The van der Waals surface area contributed by atoms with Crippen molar-refractivity contribution in [3.8, 4) is 0 Å². The van der Waals surface area contributed by atoms with Crippen LogP contribution in [0, 0.1) is 10.1 Å². The highest BCUT2D eigenvalue weighted by Crippen LogP contribution is 2.38. The molecule has 1 saturated carbocycles. The van der Waals surface area contributed by atoms with Crippen molar-refractivity contribution in [3.63, 3.8) is 0 Å². The first kappa shape index (κ1) is 12.5. The minimum absolute atomic E-state index is 0.0764. The molecule has 1 aromatic heterocycles. The zero-order valence-electron chi connectivity index (χ0n) is 10.6. The lowest BCUT2D eigenvalue weighted by Gasteiger charge is -2.39. The number of rotatable bonds is 5. The number of anilines is 2. The molecular formula is C11H17N5O2. The summed E-state index contributed by atoms with van der Waals surface area (Å²) in [6, 6.07) is 0. The minimum atomic E-state index is -0.442. The quantitative estimate of drug-likeness (QED) is 0.615. The van der Waals surface area contributed by atoms with E-state index in [0.717, 1.165) is 19.3 Å². The first-order valence-corrected chi connectivity index (χ1v) is 6.07. The molecule has 1 aromatic rings. The van der Waals surface area contributed by atoms with Crippen LogP contribution in [0.15, 0.2) is 6.33 Å². The molecule has 0 aliphatic heterocycles. The van der Waals surface area contributed by atoms with E-state index in [4.69, 9.17) is 0 Å². The van der Waals surface area contributed by atoms with Crippen LogP contribution in [0.1, 0.15) is 33.1 Å². The van der Waals surface area contributed by atoms with Crippen LogP contribution >= 0.6 is 0 Å². The molecule has 7 nitrogen and oxygen atoms in total. The van der Waals surface area contributed by atoms with E-state index in [1.807, 2.05) is 6.92 Å². The van der Waals surface area contributed by atoms with E-state index >= 15 is 0 Å². The van der Waals surface area contributed by atoms with Gasteiger partial charge in [-0.15, -0.1) is 0 Å². The van der Waals surface area contributed by atoms with Gasteiger partial charge in [0.2, 0.25) is 11.6 Å². The lowest BCUT2D eigenvalue weighted by Crippen LogP contribution is -2.42. The first-order chi connectivity index (χ1) is 8.56. The fourth-order valence-electron chi connectivity index (χ4n) is 2.06. The molecule has 0 radical (unpaired) electrons. The molecule has 1 fully saturated rings. The van der Waals surface area contributed by atoms with Gasteiger partial charge in [-0.25, -0.2) is 9.97 Å². The topological polar surface area (TPSA) is 93.0 Å². The van der Waals surface area contributed by atoms with Crippen molar-refractivity contribution in [2.45, 2.75) is 38.6 Å². The molecule has 1 aliphatic carbocycles. The Morgan fingerprint density at radius 3 is 2.61 bits per heavy atom. The maximum Gasteiger partial charge on any atom is 0.353 e. The fraction of sp³-hybridized carbons (Fsp3) is 0.636. The Morgan fingerprint density at radius 1 is 1.44 bits per heavy atom. The van der Waals surface area contributed by atoms with Gasteiger partial charge in [0.05, 0.1) is 4.92 Å². The zero-order valence-corrected chi connectivity index (χ0v) is 10.6. The van der Waals surface area contributed by atoms with E-state index in [-0.39, 0.29) is 17.0 Å². The van der Waals surface area contributed by atoms with E-state index < -0.39 is 4.92 Å². The number of hydrogen-bond donors (Lipinski definition) is 2. The van der Waals surface area contributed by atoms with Gasteiger partial charge < -0.3 is 10.6 Å². The molecule has 2 rings (SSSR count). The molecule has 0 unspecified atom stereocenters. The lowest BCUT2D eigenvalue weighted by atomic mass is 9.78. The molecular weight excluding hydrogens is 234 g/mol. The van der Waals surface area contributed by atoms with Gasteiger partial charge in [-0.1, -0.05) is 0 Å². The monoisotopic (exact) mass is 251 g/mol. The maximum absolute atomic E-state index is 11.2. The molecule has 7 heteroatoms. The molecule has 1 heterocycles. The summed E-state index contributed by atoms with van der Waals surface area (Å²) in [5, 5.41) is 17.2. The van der Waals surface area contributed by atoms with Gasteiger partial charge in [0.1, 0.15) is 6.33 Å². The average molecular weight is 251 g/mol. The molecule has 0 spiro atoms. The second-order valence-electron chi connectivity index (χ2n) is 4.75. The Hall–Kier alpha value is -1.92. The molecule has 98 valence electrons. The Kier molecular flexibility index (Phi) is 3.31. The van der Waals surface area contributed by atoms with Gasteiger partial charge in [0.15, 0.2) is 0 Å². The largest absolute Gasteiger partial charge is 0.364 e. The summed E-state index contributed by atoms with van der Waals surface area (Å²) in [5.41, 5.74) is -0.157. The van der Waals surface area contributed by atoms with Crippen LogP contribution in [0.5, 0.6) is 0 Å². The van der Waals surface area contributed by atoms with Crippen LogP contribution in [0.25, 0.3) is 0 Å². The lowest BCUT2D eigenvalue weighted by molar-refractivity contribution is -0.383. The Labute approximate surface area is 105 Å². The van der Waals surface area contributed by atoms with Crippen LogP contribution in [0.4, 0.5) is 17.3 Å². The van der Waals surface area contributed by atoms with Crippen LogP contribution in [-0.2, 0) is 0 Å². The number of aromatic nitrogens is 2. The summed E-state index contributed by atoms with van der Waals surface area (Å²) < 4.78 is 0. The first-order valence-electron chi connectivity index (χ1n) is 6.07. The summed E-state index contributed by atoms with van der Waals surface area (Å²) in [6.45, 7) is 4.50. The van der Waals surface area contributed by atoms with Crippen molar-refractivity contribution in [2.24, 2.45) is 0 Å². The predicted octanol–water partition coefficient (Wildman–Crippen LogP) is 2.17. The highest BCUT2D eigenvalue weighted by Gasteiger charge is 2.35. The molecule has 2 N–H and O–H groups in total. The van der Waals surface area contributed by atoms with E-state index in [9.17, 15) is 10.1 Å². The predicted molar refractivity (Wildman–Crippen MR) is 68.7 cm³/mol. The van der Waals surface area contributed by atoms with Crippen molar-refractivity contribution in [1.82, 2.24) is 9.97 Å². The average Bonchev–Trinajstić information content (AvgIpc) is 2.27. The number of hydrogen-bond acceptors (Lipinski definition) is 6. The summed E-state index contributed by atoms with van der Waals surface area (Å²) in [7, 11) is 0. The third-order valence-electron chi connectivity index (χ3n) is 3.23. The van der Waals surface area contributed by atoms with E-state index in [0.29, 0.717) is 12.4 Å². The summed E-state index contributed by atoms with van der Waals surface area (Å²) in [6.07, 6.45) is 4.49. The molecule has 0 aromatic carbocycles. The summed E-state index contributed by atoms with van der Waals surface area (Å²) in [5.74, 6) is 0.566. The van der Waals surface area contributed by atoms with Gasteiger partial charge in [-0.2, -0.15) is 0 Å². The minimum Gasteiger partial charge on any atom is -0.364 e. The van der Waals surface area contributed by atoms with Crippen LogP contribution in [0.3, 0.4) is 0 Å². The third-order valence-corrected chi connectivity index (χ3v) is 3.23. The third kappa shape index (κ3) is 2.34. The second kappa shape index (κ2) is 4.75. The smallest absolute Gasteiger partial charge is 0.353 e. The van der Waals surface area contributed by atoms with Crippen molar-refractivity contribution < 1.29 is 4.92 Å². The maximum atomic E-state index is 11.2. The van der Waals surface area contributed by atoms with Gasteiger partial charge in [-0.05, 0) is 33.1 Å². The van der Waals surface area contributed by atoms with Crippen LogP contribution < -0.4 is 10.6 Å². The second-order valence-corrected chi connectivity index (χ2v) is 4.75. The Morgan fingerprint density at radius 2 is 2.11 bits per heavy atom. The molecule has 0 atom stereocenters. The summed E-state index contributed by atoms with van der Waals surface area (Å²) >= 11 is 0. The van der Waals surface area contributed by atoms with E-state index in [1.54, 1.807) is 0 Å². The number of nitrogens with zero attached hydrogens (tertiary/aromatic N) is 3. The SMILES string of the molecule is CCNc1ncnc(NC2(C)CCC2)c1[N+](=O)[O-].